The molecule has 5 nitrogen and oxygen atoms in total. The fraction of sp³-hybridized carbons (Fsp3) is 0.0159. The van der Waals surface area contributed by atoms with Gasteiger partial charge in [-0.05, 0) is 47.9 Å². The first-order valence-corrected chi connectivity index (χ1v) is 24.9. The number of aromatic nitrogens is 2. The maximum atomic E-state index is 12.2. The van der Waals surface area contributed by atoms with Crippen LogP contribution in [-0.2, 0) is 0 Å². The van der Waals surface area contributed by atoms with Crippen LogP contribution in [0.15, 0.2) is 192 Å². The minimum atomic E-state index is 0.381. The van der Waals surface area contributed by atoms with E-state index in [1.807, 2.05) is 42.5 Å². The number of aryl methyl sites for hydroxylation is 1. The Morgan fingerprint density at radius 3 is 1.57 bits per heavy atom. The number of fused-ring (bicyclic) bond motifs is 18. The van der Waals surface area contributed by atoms with Gasteiger partial charge >= 0.3 is 0 Å². The molecule has 0 aliphatic carbocycles. The van der Waals surface area contributed by atoms with Gasteiger partial charge in [0.25, 0.3) is 0 Å². The summed E-state index contributed by atoms with van der Waals surface area (Å²) in [5, 5.41) is 23.2. The summed E-state index contributed by atoms with van der Waals surface area (Å²) >= 11 is 3.60. The molecule has 10 aromatic carbocycles. The third-order valence-corrected chi connectivity index (χ3v) is 16.9. The molecule has 0 spiro atoms. The van der Waals surface area contributed by atoms with Gasteiger partial charge in [0.05, 0.1) is 55.0 Å². The summed E-state index contributed by atoms with van der Waals surface area (Å²) in [4.78, 5) is 4.66. The predicted molar refractivity (Wildman–Crippen MR) is 295 cm³/mol. The molecule has 7 heteroatoms. The fourth-order valence-corrected chi connectivity index (χ4v) is 14.1. The predicted octanol–water partition coefficient (Wildman–Crippen LogP) is 18.6. The maximum absolute atomic E-state index is 12.2. The van der Waals surface area contributed by atoms with E-state index in [2.05, 4.69) is 173 Å². The van der Waals surface area contributed by atoms with Gasteiger partial charge in [-0.25, -0.2) is 4.85 Å². The van der Waals surface area contributed by atoms with Crippen molar-refractivity contribution >= 4 is 134 Å². The first-order valence-electron chi connectivity index (χ1n) is 23.3. The van der Waals surface area contributed by atoms with Crippen molar-refractivity contribution in [1.29, 1.82) is 5.26 Å². The lowest BCUT2D eigenvalue weighted by molar-refractivity contribution is 0.668. The summed E-state index contributed by atoms with van der Waals surface area (Å²) in [7, 11) is 0. The molecule has 0 aliphatic heterocycles. The number of benzene rings is 10. The van der Waals surface area contributed by atoms with Crippen LogP contribution in [0.1, 0.15) is 11.1 Å². The van der Waals surface area contributed by atoms with Crippen LogP contribution in [0.5, 0.6) is 0 Å². The highest BCUT2D eigenvalue weighted by molar-refractivity contribution is 7.27. The van der Waals surface area contributed by atoms with Crippen LogP contribution < -0.4 is 0 Å². The molecule has 0 saturated carbocycles. The normalized spacial score (nSPS) is 12.0. The molecule has 0 aliphatic rings. The Kier molecular flexibility index (Phi) is 8.10. The van der Waals surface area contributed by atoms with Crippen LogP contribution in [0.3, 0.4) is 0 Å². The number of hydrogen-bond acceptors (Lipinski definition) is 4. The summed E-state index contributed by atoms with van der Waals surface area (Å²) in [5.74, 6) is 0. The average Bonchev–Trinajstić information content (AvgIpc) is 4.23. The molecule has 5 aromatic heterocycles. The number of thiophene rings is 2. The van der Waals surface area contributed by atoms with Gasteiger partial charge in [0, 0.05) is 74.4 Å². The van der Waals surface area contributed by atoms with Crippen LogP contribution in [-0.4, -0.2) is 9.13 Å². The molecule has 15 rings (SSSR count). The zero-order chi connectivity index (χ0) is 46.4. The zero-order valence-electron chi connectivity index (χ0n) is 37.4. The lowest BCUT2D eigenvalue weighted by Crippen LogP contribution is -2.08. The number of nitrogens with zero attached hydrogens (tertiary/aromatic N) is 4. The van der Waals surface area contributed by atoms with Gasteiger partial charge in [0.15, 0.2) is 5.58 Å². The molecule has 0 saturated heterocycles. The van der Waals surface area contributed by atoms with Crippen molar-refractivity contribution < 1.29 is 4.42 Å². The lowest BCUT2D eigenvalue weighted by atomic mass is 9.88. The second-order valence-corrected chi connectivity index (χ2v) is 20.2. The molecule has 0 bridgehead atoms. The van der Waals surface area contributed by atoms with Gasteiger partial charge in [0.2, 0.25) is 5.69 Å². The first kappa shape index (κ1) is 39.1. The van der Waals surface area contributed by atoms with Crippen molar-refractivity contribution in [3.63, 3.8) is 0 Å². The molecule has 0 N–H and O–H groups in total. The van der Waals surface area contributed by atoms with Crippen molar-refractivity contribution in [3.05, 3.63) is 211 Å². The van der Waals surface area contributed by atoms with Crippen molar-refractivity contribution in [2.24, 2.45) is 0 Å². The first-order chi connectivity index (χ1) is 34.6. The Bertz CT molecular complexity index is 4650. The van der Waals surface area contributed by atoms with Gasteiger partial charge in [-0.15, -0.1) is 22.7 Å². The number of furan rings is 1. The topological polar surface area (TPSA) is 51.1 Å². The SMILES string of the molecule is [C-]#[N+]c1c(-c2ccccc2)c(-n2c3c(ccc4c5ccccc5sc43)c3ccc4c5ccccc5sc4c32)c(-c2ccccc2)c(C#N)c1-n1c2ccccc2c2ccc3c4cccc(C)c4oc3c21. The molecule has 324 valence electrons. The Morgan fingerprint density at radius 2 is 0.957 bits per heavy atom. The van der Waals surface area contributed by atoms with Crippen LogP contribution in [0, 0.1) is 24.8 Å². The molecule has 0 fully saturated rings. The molecule has 15 aromatic rings. The maximum Gasteiger partial charge on any atom is 0.221 e. The molecular weight excluding hydrogens is 893 g/mol. The number of nitriles is 1. The second-order valence-electron chi connectivity index (χ2n) is 18.1. The third-order valence-electron chi connectivity index (χ3n) is 14.5. The van der Waals surface area contributed by atoms with E-state index in [0.29, 0.717) is 22.5 Å². The minimum absolute atomic E-state index is 0.381. The van der Waals surface area contributed by atoms with Gasteiger partial charge in [0.1, 0.15) is 11.7 Å². The van der Waals surface area contributed by atoms with Crippen LogP contribution >= 0.6 is 22.7 Å². The summed E-state index contributed by atoms with van der Waals surface area (Å²) in [6.45, 7) is 11.6. The molecule has 0 atom stereocenters. The van der Waals surface area contributed by atoms with Crippen molar-refractivity contribution in [1.82, 2.24) is 9.13 Å². The molecule has 70 heavy (non-hydrogen) atoms. The monoisotopic (exact) mass is 926 g/mol. The highest BCUT2D eigenvalue weighted by Gasteiger charge is 2.33. The minimum Gasteiger partial charge on any atom is -0.454 e. The third kappa shape index (κ3) is 5.12. The van der Waals surface area contributed by atoms with Crippen LogP contribution in [0.25, 0.3) is 144 Å². The van der Waals surface area contributed by atoms with Crippen LogP contribution in [0.2, 0.25) is 0 Å². The number of para-hydroxylation sites is 2. The second kappa shape index (κ2) is 14.5. The highest BCUT2D eigenvalue weighted by Crippen LogP contribution is 2.55. The largest absolute Gasteiger partial charge is 0.454 e. The van der Waals surface area contributed by atoms with Gasteiger partial charge in [-0.2, -0.15) is 5.26 Å². The van der Waals surface area contributed by atoms with E-state index in [0.717, 1.165) is 103 Å². The Balaban J connectivity index is 1.24. The highest BCUT2D eigenvalue weighted by atomic mass is 32.1. The number of rotatable bonds is 4. The standard InChI is InChI=1S/C63H34N4OS2/c1-35-16-15-24-44-45-31-28-41-38-21-9-12-25-49(38)66(56(41)61(45)68-60(35)44)55-48(34-64)52(36-17-5-3-6-18-36)59(53(54(55)65-2)37-19-7-4-8-20-37)67-57-42(29-32-46-39-22-10-13-26-50(39)69-62(46)57)43-30-33-47-40-23-11-14-27-51(40)70-63(47)58(43)67/h3-33H,1H3. The van der Waals surface area contributed by atoms with E-state index in [9.17, 15) is 11.8 Å². The van der Waals surface area contributed by atoms with E-state index in [4.69, 9.17) is 4.42 Å². The van der Waals surface area contributed by atoms with Gasteiger partial charge < -0.3 is 13.6 Å². The quantitative estimate of drug-likeness (QED) is 0.165. The van der Waals surface area contributed by atoms with Gasteiger partial charge in [-0.3, -0.25) is 0 Å². The summed E-state index contributed by atoms with van der Waals surface area (Å²) in [5.41, 5.74) is 11.7. The van der Waals surface area contributed by atoms with Gasteiger partial charge in [-0.1, -0.05) is 164 Å². The fourth-order valence-electron chi connectivity index (χ4n) is 11.6. The van der Waals surface area contributed by atoms with Crippen molar-refractivity contribution in [3.8, 4) is 39.7 Å². The van der Waals surface area contributed by atoms with E-state index in [1.54, 1.807) is 22.7 Å². The summed E-state index contributed by atoms with van der Waals surface area (Å²) in [6.07, 6.45) is 0. The molecule has 0 unspecified atom stereocenters. The molecular formula is C63H34N4OS2. The average molecular weight is 927 g/mol. The van der Waals surface area contributed by atoms with Crippen molar-refractivity contribution in [2.75, 3.05) is 0 Å². The van der Waals surface area contributed by atoms with E-state index < -0.39 is 0 Å². The van der Waals surface area contributed by atoms with E-state index >= 15 is 0 Å². The van der Waals surface area contributed by atoms with Crippen LogP contribution in [0.4, 0.5) is 5.69 Å². The molecule has 5 heterocycles. The Hall–Kier alpha value is -8.98. The lowest BCUT2D eigenvalue weighted by Gasteiger charge is -2.25. The Morgan fingerprint density at radius 1 is 0.457 bits per heavy atom. The summed E-state index contributed by atoms with van der Waals surface area (Å²) < 4.78 is 16.3. The van der Waals surface area contributed by atoms with Crippen molar-refractivity contribution in [2.45, 2.75) is 6.92 Å². The smallest absolute Gasteiger partial charge is 0.221 e. The van der Waals surface area contributed by atoms with E-state index in [1.165, 1.54) is 30.9 Å². The zero-order valence-corrected chi connectivity index (χ0v) is 39.0. The molecule has 0 amide bonds. The molecule has 0 radical (unpaired) electrons. The Labute approximate surface area is 407 Å². The number of hydrogen-bond donors (Lipinski definition) is 0. The van der Waals surface area contributed by atoms with E-state index in [-0.39, 0.29) is 0 Å². The summed E-state index contributed by atoms with van der Waals surface area (Å²) in [6, 6.07) is 68.9.